The molecule has 0 rings (SSSR count). The Balaban J connectivity index is 3.92. The molecule has 0 saturated carbocycles. The van der Waals surface area contributed by atoms with Gasteiger partial charge in [0.05, 0.1) is 0 Å². The number of carbonyl (C=O) groups is 1. The van der Waals surface area contributed by atoms with Crippen LogP contribution < -0.4 is 5.73 Å². The highest BCUT2D eigenvalue weighted by atomic mass is 16.2. The van der Waals surface area contributed by atoms with Gasteiger partial charge in [-0.2, -0.15) is 0 Å². The molecule has 0 aliphatic heterocycles. The molecule has 2 N–H and O–H groups in total. The van der Waals surface area contributed by atoms with Crippen LogP contribution >= 0.6 is 0 Å². The molecule has 0 fully saturated rings. The Morgan fingerprint density at radius 1 is 1.54 bits per heavy atom. The van der Waals surface area contributed by atoms with E-state index in [-0.39, 0.29) is 11.4 Å². The molecule has 0 radical (unpaired) electrons. The van der Waals surface area contributed by atoms with Crippen LogP contribution in [0.25, 0.3) is 0 Å². The van der Waals surface area contributed by atoms with E-state index in [1.165, 1.54) is 0 Å². The molecule has 3 heteroatoms. The first-order chi connectivity index (χ1) is 5.87. The van der Waals surface area contributed by atoms with Gasteiger partial charge >= 0.3 is 0 Å². The number of rotatable bonds is 4. The zero-order chi connectivity index (χ0) is 10.5. The van der Waals surface area contributed by atoms with Gasteiger partial charge in [0.25, 0.3) is 0 Å². The highest BCUT2D eigenvalue weighted by molar-refractivity contribution is 5.87. The quantitative estimate of drug-likeness (QED) is 0.666. The Kier molecular flexibility index (Phi) is 4.70. The van der Waals surface area contributed by atoms with Crippen LogP contribution in [-0.2, 0) is 4.79 Å². The molecule has 0 heterocycles. The van der Waals surface area contributed by atoms with Gasteiger partial charge < -0.3 is 10.6 Å². The molecule has 0 aromatic carbocycles. The molecule has 0 aromatic rings. The van der Waals surface area contributed by atoms with Gasteiger partial charge in [-0.15, -0.1) is 0 Å². The molecule has 0 bridgehead atoms. The van der Waals surface area contributed by atoms with E-state index in [0.29, 0.717) is 0 Å². The molecule has 0 saturated heterocycles. The molecule has 1 amide bonds. The largest absolute Gasteiger partial charge is 0.343 e. The van der Waals surface area contributed by atoms with E-state index in [2.05, 4.69) is 0 Å². The zero-order valence-electron chi connectivity index (χ0n) is 9.00. The third-order valence-corrected chi connectivity index (χ3v) is 1.75. The van der Waals surface area contributed by atoms with Crippen LogP contribution in [-0.4, -0.2) is 29.9 Å². The first-order valence-electron chi connectivity index (χ1n) is 4.57. The lowest BCUT2D eigenvalue weighted by molar-refractivity contribution is -0.124. The Bertz CT molecular complexity index is 192. The standard InChI is InChI=1S/C10H20N2O/c1-5-12(4)9(13)7-6-8-10(2,3)11/h6-7H,5,8,11H2,1-4H3/b7-6+. The normalized spacial score (nSPS) is 12.1. The summed E-state index contributed by atoms with van der Waals surface area (Å²) in [7, 11) is 1.78. The van der Waals surface area contributed by atoms with E-state index in [0.717, 1.165) is 13.0 Å². The first-order valence-corrected chi connectivity index (χ1v) is 4.57. The molecule has 0 aliphatic carbocycles. The van der Waals surface area contributed by atoms with Crippen LogP contribution in [0.1, 0.15) is 27.2 Å². The Morgan fingerprint density at radius 2 is 2.08 bits per heavy atom. The van der Waals surface area contributed by atoms with Crippen LogP contribution in [0.4, 0.5) is 0 Å². The molecular weight excluding hydrogens is 164 g/mol. The topological polar surface area (TPSA) is 46.3 Å². The van der Waals surface area contributed by atoms with Crippen molar-refractivity contribution in [3.8, 4) is 0 Å². The summed E-state index contributed by atoms with van der Waals surface area (Å²) < 4.78 is 0. The van der Waals surface area contributed by atoms with Crippen molar-refractivity contribution in [1.82, 2.24) is 4.90 Å². The highest BCUT2D eigenvalue weighted by Gasteiger charge is 2.07. The molecule has 0 spiro atoms. The van der Waals surface area contributed by atoms with E-state index in [9.17, 15) is 4.79 Å². The second-order valence-corrected chi connectivity index (χ2v) is 3.95. The number of nitrogens with zero attached hydrogens (tertiary/aromatic N) is 1. The maximum Gasteiger partial charge on any atom is 0.245 e. The zero-order valence-corrected chi connectivity index (χ0v) is 9.00. The molecule has 0 aromatic heterocycles. The van der Waals surface area contributed by atoms with E-state index in [4.69, 9.17) is 5.73 Å². The lowest BCUT2D eigenvalue weighted by atomic mass is 10.0. The van der Waals surface area contributed by atoms with Crippen molar-refractivity contribution in [3.05, 3.63) is 12.2 Å². The minimum Gasteiger partial charge on any atom is -0.343 e. The van der Waals surface area contributed by atoms with Crippen molar-refractivity contribution >= 4 is 5.91 Å². The average molecular weight is 184 g/mol. The summed E-state index contributed by atoms with van der Waals surface area (Å²) in [6.45, 7) is 6.55. The van der Waals surface area contributed by atoms with Crippen molar-refractivity contribution in [1.29, 1.82) is 0 Å². The first kappa shape index (κ1) is 12.2. The predicted octanol–water partition coefficient (Wildman–Crippen LogP) is 1.15. The fraction of sp³-hybridized carbons (Fsp3) is 0.700. The fourth-order valence-corrected chi connectivity index (χ4v) is 0.747. The van der Waals surface area contributed by atoms with Gasteiger partial charge in [0, 0.05) is 19.1 Å². The molecule has 13 heavy (non-hydrogen) atoms. The van der Waals surface area contributed by atoms with Crippen LogP contribution in [0.5, 0.6) is 0 Å². The number of hydrogen-bond acceptors (Lipinski definition) is 2. The van der Waals surface area contributed by atoms with E-state index >= 15 is 0 Å². The van der Waals surface area contributed by atoms with Crippen LogP contribution in [0, 0.1) is 0 Å². The van der Waals surface area contributed by atoms with Gasteiger partial charge in [0.2, 0.25) is 5.91 Å². The number of likely N-dealkylation sites (N-methyl/N-ethyl adjacent to an activating group) is 1. The minimum absolute atomic E-state index is 0.0340. The Hall–Kier alpha value is -0.830. The van der Waals surface area contributed by atoms with E-state index in [1.54, 1.807) is 18.0 Å². The summed E-state index contributed by atoms with van der Waals surface area (Å²) in [5.74, 6) is 0.0340. The Morgan fingerprint density at radius 3 is 2.46 bits per heavy atom. The van der Waals surface area contributed by atoms with E-state index in [1.807, 2.05) is 26.8 Å². The van der Waals surface area contributed by atoms with Crippen molar-refractivity contribution in [2.45, 2.75) is 32.7 Å². The summed E-state index contributed by atoms with van der Waals surface area (Å²) in [4.78, 5) is 12.9. The predicted molar refractivity (Wildman–Crippen MR) is 55.3 cm³/mol. The Labute approximate surface area is 80.6 Å². The van der Waals surface area contributed by atoms with Gasteiger partial charge in [-0.05, 0) is 33.3 Å². The van der Waals surface area contributed by atoms with Gasteiger partial charge in [0.15, 0.2) is 0 Å². The molecule has 76 valence electrons. The van der Waals surface area contributed by atoms with Gasteiger partial charge in [0.1, 0.15) is 0 Å². The van der Waals surface area contributed by atoms with Crippen LogP contribution in [0.2, 0.25) is 0 Å². The smallest absolute Gasteiger partial charge is 0.245 e. The maximum absolute atomic E-state index is 11.3. The highest BCUT2D eigenvalue weighted by Crippen LogP contribution is 2.03. The average Bonchev–Trinajstić information content (AvgIpc) is 2.00. The summed E-state index contributed by atoms with van der Waals surface area (Å²) in [6, 6.07) is 0. The second-order valence-electron chi connectivity index (χ2n) is 3.95. The van der Waals surface area contributed by atoms with Crippen LogP contribution in [0.15, 0.2) is 12.2 Å². The van der Waals surface area contributed by atoms with E-state index < -0.39 is 0 Å². The third-order valence-electron chi connectivity index (χ3n) is 1.75. The maximum atomic E-state index is 11.3. The molecule has 0 unspecified atom stereocenters. The second kappa shape index (κ2) is 5.02. The third kappa shape index (κ3) is 6.34. The van der Waals surface area contributed by atoms with Crippen molar-refractivity contribution in [2.75, 3.05) is 13.6 Å². The summed E-state index contributed by atoms with van der Waals surface area (Å²) in [5, 5.41) is 0. The van der Waals surface area contributed by atoms with Gasteiger partial charge in [-0.1, -0.05) is 6.08 Å². The van der Waals surface area contributed by atoms with Gasteiger partial charge in [-0.25, -0.2) is 0 Å². The monoisotopic (exact) mass is 184 g/mol. The lowest BCUT2D eigenvalue weighted by Crippen LogP contribution is -2.31. The number of hydrogen-bond donors (Lipinski definition) is 1. The van der Waals surface area contributed by atoms with Crippen molar-refractivity contribution < 1.29 is 4.79 Å². The summed E-state index contributed by atoms with van der Waals surface area (Å²) >= 11 is 0. The van der Waals surface area contributed by atoms with Crippen molar-refractivity contribution in [2.24, 2.45) is 5.73 Å². The van der Waals surface area contributed by atoms with Crippen molar-refractivity contribution in [3.63, 3.8) is 0 Å². The summed E-state index contributed by atoms with van der Waals surface area (Å²) in [6.07, 6.45) is 4.13. The molecule has 3 nitrogen and oxygen atoms in total. The molecule has 0 atom stereocenters. The number of carbonyl (C=O) groups excluding carboxylic acids is 1. The minimum atomic E-state index is -0.235. The lowest BCUT2D eigenvalue weighted by Gasteiger charge is -2.15. The van der Waals surface area contributed by atoms with Gasteiger partial charge in [-0.3, -0.25) is 4.79 Å². The molecular formula is C10H20N2O. The summed E-state index contributed by atoms with van der Waals surface area (Å²) in [5.41, 5.74) is 5.52. The fourth-order valence-electron chi connectivity index (χ4n) is 0.747. The van der Waals surface area contributed by atoms with Crippen LogP contribution in [0.3, 0.4) is 0 Å². The molecule has 0 aliphatic rings. The SMILES string of the molecule is CCN(C)C(=O)/C=C/CC(C)(C)N. The number of amides is 1. The number of nitrogens with two attached hydrogens (primary N) is 1.